The van der Waals surface area contributed by atoms with Crippen molar-refractivity contribution >= 4 is 10.4 Å². The Kier molecular flexibility index (Phi) is 9.12. The second kappa shape index (κ2) is 11.3. The van der Waals surface area contributed by atoms with Crippen LogP contribution in [0.3, 0.4) is 0 Å². The summed E-state index contributed by atoms with van der Waals surface area (Å²) in [5, 5.41) is 0. The fourth-order valence-electron chi connectivity index (χ4n) is 3.81. The Hall–Kier alpha value is -1.91. The van der Waals surface area contributed by atoms with Gasteiger partial charge in [0.15, 0.2) is 0 Å². The third-order valence-electron chi connectivity index (χ3n) is 5.18. The van der Waals surface area contributed by atoms with Gasteiger partial charge in [-0.2, -0.15) is 0 Å². The van der Waals surface area contributed by atoms with Gasteiger partial charge in [-0.05, 0) is 76.1 Å². The van der Waals surface area contributed by atoms with Crippen LogP contribution >= 0.6 is 0 Å². The van der Waals surface area contributed by atoms with E-state index < -0.39 is 10.4 Å². The number of aromatic nitrogens is 2. The molecule has 0 saturated carbocycles. The molecule has 2 aromatic heterocycles. The van der Waals surface area contributed by atoms with Gasteiger partial charge in [-0.1, -0.05) is 12.1 Å². The SMILES string of the molecule is CN1CCC[C@H]1c1cccnc1.CN1CCC[C@H]1c1cccnc1.O=S(=O)([O-])[O-]. The normalized spacial score (nSPS) is 22.3. The summed E-state index contributed by atoms with van der Waals surface area (Å²) in [5.74, 6) is 0. The Morgan fingerprint density at radius 2 is 1.24 bits per heavy atom. The first-order chi connectivity index (χ1) is 13.8. The first-order valence-corrected chi connectivity index (χ1v) is 11.0. The van der Waals surface area contributed by atoms with Crippen LogP contribution in [-0.4, -0.2) is 64.5 Å². The van der Waals surface area contributed by atoms with Crippen LogP contribution in [0.15, 0.2) is 49.1 Å². The zero-order chi connectivity index (χ0) is 21.3. The van der Waals surface area contributed by atoms with Crippen molar-refractivity contribution in [1.29, 1.82) is 0 Å². The van der Waals surface area contributed by atoms with E-state index in [1.165, 1.54) is 49.9 Å². The molecule has 0 bridgehead atoms. The van der Waals surface area contributed by atoms with Crippen molar-refractivity contribution in [3.63, 3.8) is 0 Å². The predicted molar refractivity (Wildman–Crippen MR) is 108 cm³/mol. The first kappa shape index (κ1) is 23.4. The highest BCUT2D eigenvalue weighted by Crippen LogP contribution is 2.30. The van der Waals surface area contributed by atoms with E-state index in [-0.39, 0.29) is 0 Å². The first-order valence-electron chi connectivity index (χ1n) is 9.62. The van der Waals surface area contributed by atoms with Crippen molar-refractivity contribution in [2.75, 3.05) is 27.2 Å². The van der Waals surface area contributed by atoms with E-state index in [9.17, 15) is 0 Å². The third-order valence-corrected chi connectivity index (χ3v) is 5.18. The van der Waals surface area contributed by atoms with Gasteiger partial charge in [0.05, 0.1) is 0 Å². The van der Waals surface area contributed by atoms with Gasteiger partial charge in [-0.3, -0.25) is 28.2 Å². The van der Waals surface area contributed by atoms with Crippen LogP contribution < -0.4 is 0 Å². The van der Waals surface area contributed by atoms with Crippen molar-refractivity contribution < 1.29 is 17.5 Å². The average Bonchev–Trinajstić information content (AvgIpc) is 3.30. The fraction of sp³-hybridized carbons (Fsp3) is 0.500. The summed E-state index contributed by atoms with van der Waals surface area (Å²) in [5.41, 5.74) is 2.72. The minimum atomic E-state index is -5.17. The average molecular weight is 421 g/mol. The molecule has 160 valence electrons. The minimum Gasteiger partial charge on any atom is -0.759 e. The summed E-state index contributed by atoms with van der Waals surface area (Å²) in [6.45, 7) is 2.44. The molecule has 2 fully saturated rings. The lowest BCUT2D eigenvalue weighted by molar-refractivity contribution is 0.317. The minimum absolute atomic E-state index is 0.610. The molecule has 9 heteroatoms. The number of rotatable bonds is 2. The standard InChI is InChI=1S/2C10H14N2.H2O4S/c2*1-12-7-3-5-10(12)9-4-2-6-11-8-9;1-5(2,3)4/h2*2,4,6,8,10H,3,5,7H2,1H3;(H2,1,2,3,4)/p-2/t2*10-;/m00./s1. The van der Waals surface area contributed by atoms with E-state index in [1.54, 1.807) is 0 Å². The summed E-state index contributed by atoms with van der Waals surface area (Å²) in [7, 11) is -0.796. The van der Waals surface area contributed by atoms with Gasteiger partial charge in [0, 0.05) is 47.3 Å². The molecule has 0 radical (unpaired) electrons. The molecule has 29 heavy (non-hydrogen) atoms. The Morgan fingerprint density at radius 3 is 1.48 bits per heavy atom. The van der Waals surface area contributed by atoms with Crippen molar-refractivity contribution in [3.8, 4) is 0 Å². The van der Waals surface area contributed by atoms with Crippen LogP contribution in [0.1, 0.15) is 48.9 Å². The fourth-order valence-corrected chi connectivity index (χ4v) is 3.81. The summed E-state index contributed by atoms with van der Waals surface area (Å²) in [6.07, 6.45) is 12.8. The smallest absolute Gasteiger partial charge is 0.0360 e. The molecule has 4 heterocycles. The van der Waals surface area contributed by atoms with Gasteiger partial charge >= 0.3 is 0 Å². The van der Waals surface area contributed by atoms with Crippen LogP contribution in [0.5, 0.6) is 0 Å². The quantitative estimate of drug-likeness (QED) is 0.537. The third kappa shape index (κ3) is 8.55. The van der Waals surface area contributed by atoms with E-state index in [0.717, 1.165) is 0 Å². The monoisotopic (exact) mass is 420 g/mol. The van der Waals surface area contributed by atoms with Gasteiger partial charge in [0.2, 0.25) is 0 Å². The van der Waals surface area contributed by atoms with Gasteiger partial charge in [-0.25, -0.2) is 0 Å². The van der Waals surface area contributed by atoms with E-state index >= 15 is 0 Å². The zero-order valence-corrected chi connectivity index (χ0v) is 17.7. The maximum atomic E-state index is 8.52. The van der Waals surface area contributed by atoms with Crippen LogP contribution in [0.25, 0.3) is 0 Å². The van der Waals surface area contributed by atoms with Crippen LogP contribution in [0, 0.1) is 0 Å². The van der Waals surface area contributed by atoms with Crippen molar-refractivity contribution in [1.82, 2.24) is 19.8 Å². The number of pyridine rings is 2. The molecule has 0 N–H and O–H groups in total. The number of hydrogen-bond acceptors (Lipinski definition) is 8. The van der Waals surface area contributed by atoms with Crippen LogP contribution in [-0.2, 0) is 10.4 Å². The van der Waals surface area contributed by atoms with E-state index in [1.807, 2.05) is 36.9 Å². The summed E-state index contributed by atoms with van der Waals surface area (Å²) < 4.78 is 34.1. The van der Waals surface area contributed by atoms with E-state index in [2.05, 4.69) is 46.0 Å². The van der Waals surface area contributed by atoms with Crippen molar-refractivity contribution in [2.24, 2.45) is 0 Å². The highest BCUT2D eigenvalue weighted by molar-refractivity contribution is 7.79. The summed E-state index contributed by atoms with van der Waals surface area (Å²) in [6, 6.07) is 9.58. The lowest BCUT2D eigenvalue weighted by atomic mass is 10.1. The van der Waals surface area contributed by atoms with Crippen molar-refractivity contribution in [3.05, 3.63) is 60.2 Å². The van der Waals surface area contributed by atoms with E-state index in [0.29, 0.717) is 12.1 Å². The molecule has 0 aromatic carbocycles. The molecule has 0 spiro atoms. The topological polar surface area (TPSA) is 113 Å². The second-order valence-corrected chi connectivity index (χ2v) is 8.07. The lowest BCUT2D eigenvalue weighted by Crippen LogP contribution is -2.17. The Bertz CT molecular complexity index is 757. The molecule has 4 rings (SSSR count). The molecule has 2 aromatic rings. The highest BCUT2D eigenvalue weighted by Gasteiger charge is 2.22. The number of likely N-dealkylation sites (tertiary alicyclic amines) is 2. The zero-order valence-electron chi connectivity index (χ0n) is 16.8. The van der Waals surface area contributed by atoms with Crippen LogP contribution in [0.4, 0.5) is 0 Å². The lowest BCUT2D eigenvalue weighted by Gasteiger charge is -2.18. The predicted octanol–water partition coefficient (Wildman–Crippen LogP) is 2.36. The number of nitrogens with zero attached hydrogens (tertiary/aromatic N) is 4. The van der Waals surface area contributed by atoms with E-state index in [4.69, 9.17) is 17.5 Å². The van der Waals surface area contributed by atoms with Gasteiger partial charge in [0.25, 0.3) is 0 Å². The Balaban J connectivity index is 0.000000170. The van der Waals surface area contributed by atoms with Gasteiger partial charge in [-0.15, -0.1) is 0 Å². The molecule has 0 unspecified atom stereocenters. The maximum Gasteiger partial charge on any atom is 0.0360 e. The van der Waals surface area contributed by atoms with Crippen LogP contribution in [0.2, 0.25) is 0 Å². The van der Waals surface area contributed by atoms with Gasteiger partial charge in [0.1, 0.15) is 0 Å². The Morgan fingerprint density at radius 1 is 0.862 bits per heavy atom. The molecule has 8 nitrogen and oxygen atoms in total. The summed E-state index contributed by atoms with van der Waals surface area (Å²) in [4.78, 5) is 13.1. The largest absolute Gasteiger partial charge is 0.759 e. The Labute approximate surface area is 173 Å². The highest BCUT2D eigenvalue weighted by atomic mass is 32.3. The molecule has 2 aliphatic rings. The molecule has 2 saturated heterocycles. The van der Waals surface area contributed by atoms with Crippen molar-refractivity contribution in [2.45, 2.75) is 37.8 Å². The molecule has 2 aliphatic heterocycles. The maximum absolute atomic E-state index is 8.52. The summed E-state index contributed by atoms with van der Waals surface area (Å²) >= 11 is 0. The molecular weight excluding hydrogens is 392 g/mol. The molecule has 0 aliphatic carbocycles. The second-order valence-electron chi connectivity index (χ2n) is 7.26. The molecular formula is C20H28N4O4S-2. The molecule has 0 amide bonds. The van der Waals surface area contributed by atoms with Gasteiger partial charge < -0.3 is 9.11 Å². The molecule has 2 atom stereocenters. The number of hydrogen-bond donors (Lipinski definition) is 0.